The predicted molar refractivity (Wildman–Crippen MR) is 76.0 cm³/mol. The van der Waals surface area contributed by atoms with Crippen LogP contribution in [0.5, 0.6) is 0 Å². The minimum Gasteiger partial charge on any atom is -0.480 e. The number of carboxylic acids is 1. The molecule has 1 aromatic rings. The molecule has 0 unspecified atom stereocenters. The highest BCUT2D eigenvalue weighted by Crippen LogP contribution is 2.14. The minimum absolute atomic E-state index is 0.362. The number of benzene rings is 1. The van der Waals surface area contributed by atoms with Crippen molar-refractivity contribution >= 4 is 17.6 Å². The molecular formula is C14H20N2O4. The number of nitrogens with one attached hydrogen (secondary N) is 1. The summed E-state index contributed by atoms with van der Waals surface area (Å²) in [5.74, 6) is -1.78. The highest BCUT2D eigenvalue weighted by Gasteiger charge is 2.19. The molecule has 0 bridgehead atoms. The van der Waals surface area contributed by atoms with Crippen molar-refractivity contribution < 1.29 is 19.8 Å². The molecule has 0 aliphatic heterocycles. The van der Waals surface area contributed by atoms with Gasteiger partial charge >= 0.3 is 5.97 Å². The number of hydrogen-bond donors (Lipinski definition) is 3. The highest BCUT2D eigenvalue weighted by molar-refractivity contribution is 5.96. The fraction of sp³-hybridized carbons (Fsp3) is 0.429. The average Bonchev–Trinajstić information content (AvgIpc) is 2.46. The van der Waals surface area contributed by atoms with Crippen LogP contribution in [-0.4, -0.2) is 47.8 Å². The van der Waals surface area contributed by atoms with Gasteiger partial charge in [-0.3, -0.25) is 4.79 Å². The number of carbonyl (C=O) groups excluding carboxylic acids is 1. The molecule has 6 heteroatoms. The second kappa shape index (κ2) is 7.49. The summed E-state index contributed by atoms with van der Waals surface area (Å²) in [6.45, 7) is 5.19. The number of carboxylic acid groups (broad SMARTS) is 1. The van der Waals surface area contributed by atoms with Crippen LogP contribution in [0.25, 0.3) is 0 Å². The Kier molecular flexibility index (Phi) is 5.99. The smallest absolute Gasteiger partial charge is 0.328 e. The normalized spacial score (nSPS) is 11.8. The van der Waals surface area contributed by atoms with Crippen LogP contribution in [0, 0.1) is 0 Å². The fourth-order valence-electron chi connectivity index (χ4n) is 1.84. The molecule has 20 heavy (non-hydrogen) atoms. The Labute approximate surface area is 118 Å². The molecule has 0 spiro atoms. The van der Waals surface area contributed by atoms with Gasteiger partial charge in [-0.15, -0.1) is 0 Å². The molecule has 0 radical (unpaired) electrons. The van der Waals surface area contributed by atoms with E-state index in [4.69, 9.17) is 10.2 Å². The van der Waals surface area contributed by atoms with E-state index in [1.54, 1.807) is 12.1 Å². The first-order valence-corrected chi connectivity index (χ1v) is 6.53. The third kappa shape index (κ3) is 3.96. The number of aliphatic hydroxyl groups is 1. The summed E-state index contributed by atoms with van der Waals surface area (Å²) >= 11 is 0. The van der Waals surface area contributed by atoms with Gasteiger partial charge in [-0.1, -0.05) is 0 Å². The number of anilines is 1. The Morgan fingerprint density at radius 3 is 2.15 bits per heavy atom. The van der Waals surface area contributed by atoms with E-state index in [9.17, 15) is 9.59 Å². The molecule has 1 atom stereocenters. The van der Waals surface area contributed by atoms with Crippen LogP contribution >= 0.6 is 0 Å². The van der Waals surface area contributed by atoms with E-state index in [1.807, 2.05) is 26.0 Å². The molecule has 1 aromatic carbocycles. The van der Waals surface area contributed by atoms with Crippen LogP contribution in [0.15, 0.2) is 24.3 Å². The third-order valence-electron chi connectivity index (χ3n) is 3.04. The van der Waals surface area contributed by atoms with E-state index < -0.39 is 24.5 Å². The molecule has 0 saturated carbocycles. The molecule has 110 valence electrons. The SMILES string of the molecule is CCN(CC)c1ccc(C(=O)N[C@@H](CO)C(=O)O)cc1. The molecule has 0 aliphatic carbocycles. The summed E-state index contributed by atoms with van der Waals surface area (Å²) in [7, 11) is 0. The van der Waals surface area contributed by atoms with E-state index in [2.05, 4.69) is 10.2 Å². The van der Waals surface area contributed by atoms with Crippen LogP contribution in [0.1, 0.15) is 24.2 Å². The van der Waals surface area contributed by atoms with E-state index in [1.165, 1.54) is 0 Å². The van der Waals surface area contributed by atoms with Gasteiger partial charge in [0.25, 0.3) is 5.91 Å². The van der Waals surface area contributed by atoms with Crippen molar-refractivity contribution in [3.8, 4) is 0 Å². The predicted octanol–water partition coefficient (Wildman–Crippen LogP) is 0.708. The lowest BCUT2D eigenvalue weighted by molar-refractivity contribution is -0.140. The third-order valence-corrected chi connectivity index (χ3v) is 3.04. The van der Waals surface area contributed by atoms with Crippen molar-refractivity contribution in [2.75, 3.05) is 24.6 Å². The van der Waals surface area contributed by atoms with Gasteiger partial charge in [-0.2, -0.15) is 0 Å². The first-order chi connectivity index (χ1) is 9.53. The van der Waals surface area contributed by atoms with Crippen LogP contribution in [-0.2, 0) is 4.79 Å². The van der Waals surface area contributed by atoms with E-state index in [-0.39, 0.29) is 0 Å². The highest BCUT2D eigenvalue weighted by atomic mass is 16.4. The Bertz CT molecular complexity index is 455. The maximum Gasteiger partial charge on any atom is 0.328 e. The number of aliphatic hydroxyl groups excluding tert-OH is 1. The zero-order valence-electron chi connectivity index (χ0n) is 11.7. The summed E-state index contributed by atoms with van der Waals surface area (Å²) < 4.78 is 0. The van der Waals surface area contributed by atoms with Gasteiger partial charge in [0.2, 0.25) is 0 Å². The van der Waals surface area contributed by atoms with Gasteiger partial charge < -0.3 is 20.4 Å². The molecule has 1 rings (SSSR count). The van der Waals surface area contributed by atoms with Gasteiger partial charge in [-0.25, -0.2) is 4.79 Å². The molecule has 0 saturated heterocycles. The van der Waals surface area contributed by atoms with Crippen molar-refractivity contribution in [1.29, 1.82) is 0 Å². The van der Waals surface area contributed by atoms with E-state index in [0.717, 1.165) is 18.8 Å². The van der Waals surface area contributed by atoms with Gasteiger partial charge in [-0.05, 0) is 38.1 Å². The molecule has 0 aliphatic rings. The summed E-state index contributed by atoms with van der Waals surface area (Å²) in [6, 6.07) is 5.62. The van der Waals surface area contributed by atoms with Crippen LogP contribution in [0.2, 0.25) is 0 Å². The van der Waals surface area contributed by atoms with Crippen LogP contribution in [0.4, 0.5) is 5.69 Å². The fourth-order valence-corrected chi connectivity index (χ4v) is 1.84. The molecule has 1 amide bonds. The number of aliphatic carboxylic acids is 1. The largest absolute Gasteiger partial charge is 0.480 e. The lowest BCUT2D eigenvalue weighted by Gasteiger charge is -2.21. The Hall–Kier alpha value is -2.08. The molecular weight excluding hydrogens is 260 g/mol. The zero-order chi connectivity index (χ0) is 15.1. The van der Waals surface area contributed by atoms with Gasteiger partial charge in [0.05, 0.1) is 6.61 Å². The Balaban J connectivity index is 2.77. The van der Waals surface area contributed by atoms with Gasteiger partial charge in [0.1, 0.15) is 0 Å². The summed E-state index contributed by atoms with van der Waals surface area (Å²) in [5.41, 5.74) is 1.36. The number of amides is 1. The first kappa shape index (κ1) is 16.0. The summed E-state index contributed by atoms with van der Waals surface area (Å²) in [6.07, 6.45) is 0. The monoisotopic (exact) mass is 280 g/mol. The lowest BCUT2D eigenvalue weighted by Crippen LogP contribution is -2.43. The Morgan fingerprint density at radius 1 is 1.20 bits per heavy atom. The number of carbonyl (C=O) groups is 2. The van der Waals surface area contributed by atoms with Crippen molar-refractivity contribution in [3.63, 3.8) is 0 Å². The lowest BCUT2D eigenvalue weighted by atomic mass is 10.1. The average molecular weight is 280 g/mol. The summed E-state index contributed by atoms with van der Waals surface area (Å²) in [5, 5.41) is 19.9. The zero-order valence-corrected chi connectivity index (χ0v) is 11.7. The van der Waals surface area contributed by atoms with Gasteiger partial charge in [0, 0.05) is 24.3 Å². The number of nitrogens with zero attached hydrogens (tertiary/aromatic N) is 1. The minimum atomic E-state index is -1.29. The topological polar surface area (TPSA) is 89.9 Å². The van der Waals surface area contributed by atoms with Crippen molar-refractivity contribution in [3.05, 3.63) is 29.8 Å². The second-order valence-electron chi connectivity index (χ2n) is 4.27. The first-order valence-electron chi connectivity index (χ1n) is 6.53. The Morgan fingerprint density at radius 2 is 1.75 bits per heavy atom. The van der Waals surface area contributed by atoms with Crippen LogP contribution < -0.4 is 10.2 Å². The van der Waals surface area contributed by atoms with Crippen molar-refractivity contribution in [2.45, 2.75) is 19.9 Å². The van der Waals surface area contributed by atoms with Crippen LogP contribution in [0.3, 0.4) is 0 Å². The quantitative estimate of drug-likeness (QED) is 0.684. The molecule has 0 fully saturated rings. The number of rotatable bonds is 7. The second-order valence-corrected chi connectivity index (χ2v) is 4.27. The van der Waals surface area contributed by atoms with E-state index in [0.29, 0.717) is 5.56 Å². The maximum absolute atomic E-state index is 11.8. The van der Waals surface area contributed by atoms with Crippen molar-refractivity contribution in [2.24, 2.45) is 0 Å². The molecule has 6 nitrogen and oxygen atoms in total. The van der Waals surface area contributed by atoms with Crippen molar-refractivity contribution in [1.82, 2.24) is 5.32 Å². The molecule has 0 heterocycles. The summed E-state index contributed by atoms with van der Waals surface area (Å²) in [4.78, 5) is 24.7. The van der Waals surface area contributed by atoms with Gasteiger partial charge in [0.15, 0.2) is 6.04 Å². The molecule has 3 N–H and O–H groups in total. The number of hydrogen-bond acceptors (Lipinski definition) is 4. The maximum atomic E-state index is 11.8. The standard InChI is InChI=1S/C14H20N2O4/c1-3-16(4-2)11-7-5-10(6-8-11)13(18)15-12(9-17)14(19)20/h5-8,12,17H,3-4,9H2,1-2H3,(H,15,18)(H,19,20)/t12-/m0/s1. The van der Waals surface area contributed by atoms with E-state index >= 15 is 0 Å². The molecule has 0 aromatic heterocycles.